The molecule has 3 rings (SSSR count). The van der Waals surface area contributed by atoms with Crippen molar-refractivity contribution in [1.29, 1.82) is 0 Å². The zero-order valence-electron chi connectivity index (χ0n) is 16.6. The molecule has 0 unspecified atom stereocenters. The van der Waals surface area contributed by atoms with Crippen molar-refractivity contribution >= 4 is 11.7 Å². The smallest absolute Gasteiger partial charge is 0.321 e. The molecule has 2 heterocycles. The molecule has 2 amide bonds. The number of para-hydroxylation sites is 1. The summed E-state index contributed by atoms with van der Waals surface area (Å²) in [5.74, 6) is 1.15. The van der Waals surface area contributed by atoms with Crippen molar-refractivity contribution in [2.45, 2.75) is 37.8 Å². The maximum Gasteiger partial charge on any atom is 0.321 e. The number of anilines is 1. The predicted molar refractivity (Wildman–Crippen MR) is 105 cm³/mol. The first-order valence-electron chi connectivity index (χ1n) is 9.70. The molecule has 27 heavy (non-hydrogen) atoms. The lowest BCUT2D eigenvalue weighted by molar-refractivity contribution is 0.0173. The van der Waals surface area contributed by atoms with Crippen LogP contribution in [0.3, 0.4) is 0 Å². The highest BCUT2D eigenvalue weighted by Crippen LogP contribution is 2.35. The number of piperidine rings is 2. The van der Waals surface area contributed by atoms with Crippen LogP contribution in [0.2, 0.25) is 0 Å². The molecule has 0 atom stereocenters. The van der Waals surface area contributed by atoms with Crippen molar-refractivity contribution in [3.8, 4) is 11.5 Å². The number of methoxy groups -OCH3 is 3. The summed E-state index contributed by atoms with van der Waals surface area (Å²) in [6, 6.07) is 5.96. The first kappa shape index (κ1) is 19.8. The number of urea groups is 1. The highest BCUT2D eigenvalue weighted by Gasteiger charge is 2.30. The number of rotatable bonds is 5. The molecule has 2 aliphatic rings. The van der Waals surface area contributed by atoms with Crippen LogP contribution < -0.4 is 14.8 Å². The van der Waals surface area contributed by atoms with E-state index in [1.54, 1.807) is 21.3 Å². The number of benzene rings is 1. The van der Waals surface area contributed by atoms with Crippen LogP contribution in [0, 0.1) is 0 Å². The van der Waals surface area contributed by atoms with Gasteiger partial charge in [-0.3, -0.25) is 0 Å². The third kappa shape index (κ3) is 4.65. The molecule has 1 aromatic carbocycles. The summed E-state index contributed by atoms with van der Waals surface area (Å²) in [7, 11) is 4.96. The van der Waals surface area contributed by atoms with Crippen LogP contribution in [0.4, 0.5) is 10.5 Å². The maximum absolute atomic E-state index is 12.7. The van der Waals surface area contributed by atoms with Gasteiger partial charge in [0.15, 0.2) is 11.5 Å². The first-order valence-corrected chi connectivity index (χ1v) is 9.70. The van der Waals surface area contributed by atoms with Crippen LogP contribution in [0.15, 0.2) is 18.2 Å². The van der Waals surface area contributed by atoms with Gasteiger partial charge in [-0.2, -0.15) is 0 Å². The topological polar surface area (TPSA) is 63.3 Å². The van der Waals surface area contributed by atoms with Crippen LogP contribution in [0.1, 0.15) is 25.7 Å². The van der Waals surface area contributed by atoms with Crippen LogP contribution in [-0.4, -0.2) is 75.5 Å². The molecule has 150 valence electrons. The minimum absolute atomic E-state index is 0.0851. The number of likely N-dealkylation sites (tertiary alicyclic amines) is 2. The van der Waals surface area contributed by atoms with E-state index in [0.29, 0.717) is 29.3 Å². The van der Waals surface area contributed by atoms with E-state index >= 15 is 0 Å². The van der Waals surface area contributed by atoms with Crippen molar-refractivity contribution in [2.24, 2.45) is 0 Å². The summed E-state index contributed by atoms with van der Waals surface area (Å²) in [4.78, 5) is 17.1. The van der Waals surface area contributed by atoms with E-state index < -0.39 is 0 Å². The van der Waals surface area contributed by atoms with Gasteiger partial charge in [-0.15, -0.1) is 0 Å². The van der Waals surface area contributed by atoms with E-state index in [4.69, 9.17) is 14.2 Å². The molecule has 0 aromatic heterocycles. The number of carbonyl (C=O) groups excluding carboxylic acids is 1. The van der Waals surface area contributed by atoms with E-state index in [2.05, 4.69) is 10.2 Å². The lowest BCUT2D eigenvalue weighted by atomic mass is 9.99. The molecule has 7 heteroatoms. The molecule has 2 aliphatic heterocycles. The summed E-state index contributed by atoms with van der Waals surface area (Å²) in [5.41, 5.74) is 0.630. The molecule has 0 aliphatic carbocycles. The number of amides is 2. The van der Waals surface area contributed by atoms with Gasteiger partial charge in [-0.05, 0) is 37.8 Å². The van der Waals surface area contributed by atoms with E-state index in [9.17, 15) is 4.79 Å². The Kier molecular flexibility index (Phi) is 6.79. The normalized spacial score (nSPS) is 19.7. The summed E-state index contributed by atoms with van der Waals surface area (Å²) in [5, 5.41) is 2.97. The third-order valence-electron chi connectivity index (χ3n) is 5.72. The van der Waals surface area contributed by atoms with Crippen molar-refractivity contribution in [3.05, 3.63) is 18.2 Å². The molecule has 0 spiro atoms. The zero-order valence-corrected chi connectivity index (χ0v) is 16.6. The van der Waals surface area contributed by atoms with E-state index in [1.807, 2.05) is 23.1 Å². The Bertz CT molecular complexity index is 624. The van der Waals surface area contributed by atoms with Crippen molar-refractivity contribution < 1.29 is 19.0 Å². The van der Waals surface area contributed by atoms with Crippen LogP contribution in [-0.2, 0) is 4.74 Å². The second-order valence-corrected chi connectivity index (χ2v) is 7.16. The van der Waals surface area contributed by atoms with Crippen LogP contribution in [0.5, 0.6) is 11.5 Å². The van der Waals surface area contributed by atoms with Crippen LogP contribution >= 0.6 is 0 Å². The molecule has 7 nitrogen and oxygen atoms in total. The van der Waals surface area contributed by atoms with Gasteiger partial charge in [0.2, 0.25) is 0 Å². The summed E-state index contributed by atoms with van der Waals surface area (Å²) < 4.78 is 16.2. The van der Waals surface area contributed by atoms with E-state index in [0.717, 1.165) is 51.9 Å². The number of ether oxygens (including phenoxy) is 3. The Balaban J connectivity index is 1.52. The Morgan fingerprint density at radius 3 is 2.30 bits per heavy atom. The number of hydrogen-bond acceptors (Lipinski definition) is 5. The molecule has 0 bridgehead atoms. The maximum atomic E-state index is 12.7. The number of nitrogens with zero attached hydrogens (tertiary/aromatic N) is 2. The Morgan fingerprint density at radius 1 is 1.00 bits per heavy atom. The molecular weight excluding hydrogens is 346 g/mol. The Hall–Kier alpha value is -1.99. The van der Waals surface area contributed by atoms with Crippen molar-refractivity contribution in [1.82, 2.24) is 9.80 Å². The molecule has 2 fully saturated rings. The number of hydrogen-bond donors (Lipinski definition) is 1. The molecular formula is C20H31N3O4. The molecule has 0 saturated carbocycles. The van der Waals surface area contributed by atoms with Gasteiger partial charge >= 0.3 is 6.03 Å². The molecule has 1 aromatic rings. The standard InChI is InChI=1S/C20H31N3O4/c1-25-16-9-13-22(14-10-16)15-7-11-23(12-8-15)20(24)21-17-5-4-6-18(26-2)19(17)27-3/h4-6,15-16H,7-14H2,1-3H3,(H,21,24). The molecule has 1 N–H and O–H groups in total. The Labute approximate surface area is 161 Å². The number of carbonyl (C=O) groups is 1. The largest absolute Gasteiger partial charge is 0.493 e. The minimum Gasteiger partial charge on any atom is -0.493 e. The average molecular weight is 377 g/mol. The molecule has 0 radical (unpaired) electrons. The second-order valence-electron chi connectivity index (χ2n) is 7.16. The van der Waals surface area contributed by atoms with Gasteiger partial charge in [0.1, 0.15) is 0 Å². The summed E-state index contributed by atoms with van der Waals surface area (Å²) in [6.45, 7) is 3.73. The first-order chi connectivity index (χ1) is 13.2. The summed E-state index contributed by atoms with van der Waals surface area (Å²) >= 11 is 0. The van der Waals surface area contributed by atoms with E-state index in [-0.39, 0.29) is 6.03 Å². The quantitative estimate of drug-likeness (QED) is 0.855. The fourth-order valence-electron chi connectivity index (χ4n) is 4.09. The predicted octanol–water partition coefficient (Wildman–Crippen LogP) is 2.81. The van der Waals surface area contributed by atoms with Crippen molar-refractivity contribution in [3.63, 3.8) is 0 Å². The fraction of sp³-hybridized carbons (Fsp3) is 0.650. The second kappa shape index (κ2) is 9.28. The van der Waals surface area contributed by atoms with Gasteiger partial charge in [0, 0.05) is 39.3 Å². The fourth-order valence-corrected chi connectivity index (χ4v) is 4.09. The van der Waals surface area contributed by atoms with Crippen LogP contribution in [0.25, 0.3) is 0 Å². The number of nitrogens with one attached hydrogen (secondary N) is 1. The van der Waals surface area contributed by atoms with E-state index in [1.165, 1.54) is 0 Å². The van der Waals surface area contributed by atoms with Gasteiger partial charge in [-0.1, -0.05) is 6.07 Å². The van der Waals surface area contributed by atoms with Gasteiger partial charge < -0.3 is 29.3 Å². The molecule has 2 saturated heterocycles. The van der Waals surface area contributed by atoms with Gasteiger partial charge in [-0.25, -0.2) is 4.79 Å². The lowest BCUT2D eigenvalue weighted by Gasteiger charge is -2.41. The highest BCUT2D eigenvalue weighted by molar-refractivity contribution is 5.91. The SMILES string of the molecule is COc1cccc(NC(=O)N2CCC(N3CCC(OC)CC3)CC2)c1OC. The highest BCUT2D eigenvalue weighted by atomic mass is 16.5. The zero-order chi connectivity index (χ0) is 19.2. The van der Waals surface area contributed by atoms with Gasteiger partial charge in [0.05, 0.1) is 26.0 Å². The van der Waals surface area contributed by atoms with Crippen molar-refractivity contribution in [2.75, 3.05) is 52.8 Å². The lowest BCUT2D eigenvalue weighted by Crippen LogP contribution is -2.50. The minimum atomic E-state index is -0.0851. The summed E-state index contributed by atoms with van der Waals surface area (Å²) in [6.07, 6.45) is 4.64. The monoisotopic (exact) mass is 377 g/mol. The third-order valence-corrected chi connectivity index (χ3v) is 5.72. The van der Waals surface area contributed by atoms with Gasteiger partial charge in [0.25, 0.3) is 0 Å². The Morgan fingerprint density at radius 2 is 1.70 bits per heavy atom. The average Bonchev–Trinajstić information content (AvgIpc) is 2.73.